The molecule has 0 atom stereocenters. The topological polar surface area (TPSA) is 72.8 Å². The number of hydrogen-bond acceptors (Lipinski definition) is 5. The van der Waals surface area contributed by atoms with Gasteiger partial charge < -0.3 is 14.6 Å². The molecular formula is C20H30O5. The van der Waals surface area contributed by atoms with Crippen LogP contribution in [0.2, 0.25) is 0 Å². The third kappa shape index (κ3) is 5.48. The van der Waals surface area contributed by atoms with Gasteiger partial charge in [-0.15, -0.1) is 0 Å². The summed E-state index contributed by atoms with van der Waals surface area (Å²) in [6.07, 6.45) is 1.06. The van der Waals surface area contributed by atoms with Crippen molar-refractivity contribution >= 4 is 11.9 Å². The summed E-state index contributed by atoms with van der Waals surface area (Å²) in [4.78, 5) is 25.2. The van der Waals surface area contributed by atoms with Crippen molar-refractivity contribution in [2.45, 2.75) is 79.4 Å². The van der Waals surface area contributed by atoms with Crippen molar-refractivity contribution < 1.29 is 24.2 Å². The van der Waals surface area contributed by atoms with Gasteiger partial charge in [-0.05, 0) is 65.5 Å². The average molecular weight is 350 g/mol. The zero-order valence-electron chi connectivity index (χ0n) is 16.6. The zero-order valence-corrected chi connectivity index (χ0v) is 16.6. The van der Waals surface area contributed by atoms with Gasteiger partial charge in [0.1, 0.15) is 28.1 Å². The van der Waals surface area contributed by atoms with Crippen molar-refractivity contribution in [2.24, 2.45) is 0 Å². The minimum atomic E-state index is -0.704. The Labute approximate surface area is 150 Å². The van der Waals surface area contributed by atoms with Crippen LogP contribution in [0.5, 0.6) is 5.75 Å². The summed E-state index contributed by atoms with van der Waals surface area (Å²) in [6.45, 7) is 14.3. The van der Waals surface area contributed by atoms with E-state index in [0.29, 0.717) is 24.0 Å². The van der Waals surface area contributed by atoms with Gasteiger partial charge in [-0.25, -0.2) is 9.59 Å². The second-order valence-corrected chi connectivity index (χ2v) is 8.00. The molecule has 25 heavy (non-hydrogen) atoms. The van der Waals surface area contributed by atoms with E-state index in [-0.39, 0.29) is 16.9 Å². The third-order valence-electron chi connectivity index (χ3n) is 3.43. The monoisotopic (exact) mass is 350 g/mol. The summed E-state index contributed by atoms with van der Waals surface area (Å²) >= 11 is 0. The lowest BCUT2D eigenvalue weighted by Crippen LogP contribution is -2.27. The smallest absolute Gasteiger partial charge is 0.342 e. The van der Waals surface area contributed by atoms with Crippen LogP contribution in [0, 0.1) is 0 Å². The normalized spacial score (nSPS) is 12.0. The van der Waals surface area contributed by atoms with Crippen molar-refractivity contribution in [3.8, 4) is 5.75 Å². The predicted molar refractivity (Wildman–Crippen MR) is 97.2 cm³/mol. The summed E-state index contributed by atoms with van der Waals surface area (Å²) in [5.74, 6) is -1.65. The van der Waals surface area contributed by atoms with Crippen LogP contribution in [0.25, 0.3) is 0 Å². The van der Waals surface area contributed by atoms with E-state index in [2.05, 4.69) is 0 Å². The molecular weight excluding hydrogens is 320 g/mol. The van der Waals surface area contributed by atoms with Crippen molar-refractivity contribution in [3.05, 3.63) is 28.3 Å². The Morgan fingerprint density at radius 1 is 0.840 bits per heavy atom. The number of carbonyl (C=O) groups is 2. The molecule has 0 aromatic heterocycles. The Balaban J connectivity index is 3.55. The summed E-state index contributed by atoms with van der Waals surface area (Å²) < 4.78 is 10.8. The summed E-state index contributed by atoms with van der Waals surface area (Å²) in [7, 11) is 0. The molecule has 0 spiro atoms. The predicted octanol–water partition coefficient (Wildman–Crippen LogP) is 4.43. The first-order chi connectivity index (χ1) is 11.3. The lowest BCUT2D eigenvalue weighted by molar-refractivity contribution is 0.00644. The van der Waals surface area contributed by atoms with Gasteiger partial charge in [-0.2, -0.15) is 0 Å². The number of hydrogen-bond donors (Lipinski definition) is 1. The highest BCUT2D eigenvalue weighted by atomic mass is 16.6. The van der Waals surface area contributed by atoms with E-state index >= 15 is 0 Å². The molecule has 0 amide bonds. The van der Waals surface area contributed by atoms with Crippen molar-refractivity contribution in [2.75, 3.05) is 0 Å². The Morgan fingerprint density at radius 2 is 1.16 bits per heavy atom. The van der Waals surface area contributed by atoms with Gasteiger partial charge in [-0.1, -0.05) is 19.9 Å². The number of ether oxygens (including phenoxy) is 2. The highest BCUT2D eigenvalue weighted by molar-refractivity contribution is 6.02. The van der Waals surface area contributed by atoms with E-state index in [1.807, 2.05) is 13.8 Å². The Kier molecular flexibility index (Phi) is 6.27. The van der Waals surface area contributed by atoms with Gasteiger partial charge in [0, 0.05) is 0 Å². The Hall–Kier alpha value is -2.04. The molecule has 5 nitrogen and oxygen atoms in total. The van der Waals surface area contributed by atoms with Crippen LogP contribution in [-0.4, -0.2) is 28.2 Å². The fraction of sp³-hybridized carbons (Fsp3) is 0.600. The van der Waals surface area contributed by atoms with Gasteiger partial charge in [0.25, 0.3) is 0 Å². The number of aryl methyl sites for hydroxylation is 2. The maximum absolute atomic E-state index is 12.6. The van der Waals surface area contributed by atoms with E-state index in [4.69, 9.17) is 9.47 Å². The second-order valence-electron chi connectivity index (χ2n) is 8.00. The first kappa shape index (κ1) is 21.0. The molecule has 0 fully saturated rings. The molecule has 0 radical (unpaired) electrons. The number of phenolic OH excluding ortho intramolecular Hbond substituents is 1. The molecule has 1 aromatic rings. The molecule has 1 aromatic carbocycles. The lowest BCUT2D eigenvalue weighted by Gasteiger charge is -2.24. The molecule has 0 saturated carbocycles. The molecule has 0 bridgehead atoms. The molecule has 0 aliphatic rings. The first-order valence-corrected chi connectivity index (χ1v) is 8.65. The minimum Gasteiger partial charge on any atom is -0.506 e. The Morgan fingerprint density at radius 3 is 1.40 bits per heavy atom. The molecule has 0 heterocycles. The quantitative estimate of drug-likeness (QED) is 0.813. The van der Waals surface area contributed by atoms with Gasteiger partial charge in [-0.3, -0.25) is 0 Å². The number of carbonyl (C=O) groups excluding carboxylic acids is 2. The van der Waals surface area contributed by atoms with Crippen molar-refractivity contribution in [1.82, 2.24) is 0 Å². The first-order valence-electron chi connectivity index (χ1n) is 8.65. The van der Waals surface area contributed by atoms with E-state index in [1.165, 1.54) is 0 Å². The van der Waals surface area contributed by atoms with Gasteiger partial charge in [0.05, 0.1) is 0 Å². The number of benzene rings is 1. The number of rotatable bonds is 4. The number of esters is 2. The average Bonchev–Trinajstić information content (AvgIpc) is 2.41. The standard InChI is InChI=1S/C20H30O5/c1-9-12-11-13(10-2)15(18(23)25-20(6,7)8)16(21)14(12)17(22)24-19(3,4)5/h11,21H,9-10H2,1-8H3. The largest absolute Gasteiger partial charge is 0.506 e. The third-order valence-corrected chi connectivity index (χ3v) is 3.43. The minimum absolute atomic E-state index is 0.0375. The maximum Gasteiger partial charge on any atom is 0.342 e. The lowest BCUT2D eigenvalue weighted by atomic mass is 9.93. The van der Waals surface area contributed by atoms with Crippen LogP contribution in [0.3, 0.4) is 0 Å². The van der Waals surface area contributed by atoms with Crippen LogP contribution in [0.4, 0.5) is 0 Å². The van der Waals surface area contributed by atoms with Crippen molar-refractivity contribution in [3.63, 3.8) is 0 Å². The van der Waals surface area contributed by atoms with Crippen LogP contribution >= 0.6 is 0 Å². The highest BCUT2D eigenvalue weighted by Gasteiger charge is 2.30. The fourth-order valence-electron chi connectivity index (χ4n) is 2.46. The van der Waals surface area contributed by atoms with Crippen LogP contribution in [-0.2, 0) is 22.3 Å². The highest BCUT2D eigenvalue weighted by Crippen LogP contribution is 2.33. The van der Waals surface area contributed by atoms with E-state index in [9.17, 15) is 14.7 Å². The van der Waals surface area contributed by atoms with Crippen LogP contribution in [0.15, 0.2) is 6.07 Å². The SMILES string of the molecule is CCc1cc(CC)c(C(=O)OC(C)(C)C)c(O)c1C(=O)OC(C)(C)C. The van der Waals surface area contributed by atoms with Crippen LogP contribution < -0.4 is 0 Å². The summed E-state index contributed by atoms with van der Waals surface area (Å²) in [6, 6.07) is 1.78. The summed E-state index contributed by atoms with van der Waals surface area (Å²) in [5.41, 5.74) is -0.0357. The fourth-order valence-corrected chi connectivity index (χ4v) is 2.46. The Bertz CT molecular complexity index is 606. The van der Waals surface area contributed by atoms with Gasteiger partial charge >= 0.3 is 11.9 Å². The second kappa shape index (κ2) is 7.46. The summed E-state index contributed by atoms with van der Waals surface area (Å²) in [5, 5.41) is 10.7. The van der Waals surface area contributed by atoms with Gasteiger partial charge in [0.2, 0.25) is 0 Å². The molecule has 1 rings (SSSR count). The number of aromatic hydroxyl groups is 1. The van der Waals surface area contributed by atoms with E-state index in [0.717, 1.165) is 0 Å². The molecule has 0 aliphatic heterocycles. The van der Waals surface area contributed by atoms with Crippen molar-refractivity contribution in [1.29, 1.82) is 0 Å². The molecule has 5 heteroatoms. The molecule has 140 valence electrons. The molecule has 1 N–H and O–H groups in total. The molecule has 0 unspecified atom stereocenters. The van der Waals surface area contributed by atoms with Gasteiger partial charge in [0.15, 0.2) is 0 Å². The van der Waals surface area contributed by atoms with E-state index < -0.39 is 23.1 Å². The molecule has 0 saturated heterocycles. The van der Waals surface area contributed by atoms with E-state index in [1.54, 1.807) is 47.6 Å². The molecule has 0 aliphatic carbocycles. The maximum atomic E-state index is 12.6. The zero-order chi connectivity index (χ0) is 19.6. The number of phenols is 1. The van der Waals surface area contributed by atoms with Crippen LogP contribution in [0.1, 0.15) is 87.2 Å².